The molecule has 188 valence electrons. The molecule has 0 atom stereocenters. The molecule has 4 aromatic rings. The number of carbonyl (C=O) groups excluding carboxylic acids is 1. The molecule has 0 saturated heterocycles. The van der Waals surface area contributed by atoms with E-state index < -0.39 is 0 Å². The highest BCUT2D eigenvalue weighted by atomic mass is 16.5. The van der Waals surface area contributed by atoms with Gasteiger partial charge in [-0.3, -0.25) is 4.79 Å². The van der Waals surface area contributed by atoms with Crippen LogP contribution in [0.3, 0.4) is 0 Å². The van der Waals surface area contributed by atoms with Crippen molar-refractivity contribution in [2.75, 3.05) is 20.3 Å². The molecule has 36 heavy (non-hydrogen) atoms. The quantitative estimate of drug-likeness (QED) is 0.250. The minimum Gasteiger partial charge on any atom is -0.496 e. The maximum atomic E-state index is 12.6. The summed E-state index contributed by atoms with van der Waals surface area (Å²) in [5.41, 5.74) is 3.99. The van der Waals surface area contributed by atoms with Crippen LogP contribution in [-0.2, 0) is 13.0 Å². The number of hydrogen-bond acceptors (Lipinski definition) is 4. The van der Waals surface area contributed by atoms with E-state index in [0.29, 0.717) is 30.4 Å². The lowest BCUT2D eigenvalue weighted by Gasteiger charge is -2.12. The molecular formula is C30H35N3O3. The third-order valence-electron chi connectivity index (χ3n) is 6.29. The second-order valence-electron chi connectivity index (χ2n) is 9.15. The fourth-order valence-electron chi connectivity index (χ4n) is 4.30. The smallest absolute Gasteiger partial charge is 0.255 e. The van der Waals surface area contributed by atoms with Crippen LogP contribution in [0.5, 0.6) is 11.5 Å². The van der Waals surface area contributed by atoms with Crippen LogP contribution in [0.25, 0.3) is 11.0 Å². The van der Waals surface area contributed by atoms with Crippen LogP contribution in [0.2, 0.25) is 0 Å². The molecule has 0 aliphatic carbocycles. The monoisotopic (exact) mass is 485 g/mol. The molecule has 0 aliphatic rings. The number of aromatic nitrogens is 2. The van der Waals surface area contributed by atoms with Crippen LogP contribution < -0.4 is 14.8 Å². The van der Waals surface area contributed by atoms with Crippen molar-refractivity contribution >= 4 is 16.9 Å². The highest BCUT2D eigenvalue weighted by Gasteiger charge is 2.13. The van der Waals surface area contributed by atoms with Crippen molar-refractivity contribution in [2.24, 2.45) is 0 Å². The van der Waals surface area contributed by atoms with Crippen molar-refractivity contribution in [2.45, 2.75) is 45.6 Å². The van der Waals surface area contributed by atoms with E-state index in [4.69, 9.17) is 14.5 Å². The zero-order valence-corrected chi connectivity index (χ0v) is 21.4. The van der Waals surface area contributed by atoms with E-state index >= 15 is 0 Å². The number of imidazole rings is 1. The fraction of sp³-hybridized carbons (Fsp3) is 0.333. The normalized spacial score (nSPS) is 11.1. The maximum Gasteiger partial charge on any atom is 0.255 e. The molecule has 1 N–H and O–H groups in total. The van der Waals surface area contributed by atoms with Gasteiger partial charge in [-0.25, -0.2) is 4.98 Å². The van der Waals surface area contributed by atoms with Gasteiger partial charge in [0.2, 0.25) is 0 Å². The van der Waals surface area contributed by atoms with Gasteiger partial charge in [0.1, 0.15) is 17.3 Å². The number of nitrogens with one attached hydrogen (secondary N) is 1. The summed E-state index contributed by atoms with van der Waals surface area (Å²) < 4.78 is 13.6. The van der Waals surface area contributed by atoms with Gasteiger partial charge in [-0.1, -0.05) is 50.2 Å². The molecule has 0 saturated carbocycles. The molecule has 0 bridgehead atoms. The minimum absolute atomic E-state index is 0.125. The number of hydrogen-bond donors (Lipinski definition) is 1. The number of nitrogens with zero attached hydrogens (tertiary/aromatic N) is 2. The molecule has 6 nitrogen and oxygen atoms in total. The predicted molar refractivity (Wildman–Crippen MR) is 144 cm³/mol. The molecule has 6 heteroatoms. The van der Waals surface area contributed by atoms with Gasteiger partial charge in [0, 0.05) is 19.5 Å². The summed E-state index contributed by atoms with van der Waals surface area (Å²) in [7, 11) is 1.57. The van der Waals surface area contributed by atoms with E-state index in [9.17, 15) is 4.79 Å². The van der Waals surface area contributed by atoms with Gasteiger partial charge in [-0.15, -0.1) is 0 Å². The second kappa shape index (κ2) is 12.2. The molecule has 1 amide bonds. The summed E-state index contributed by atoms with van der Waals surface area (Å²) in [5, 5.41) is 3.00. The second-order valence-corrected chi connectivity index (χ2v) is 9.15. The Hall–Kier alpha value is -3.80. The largest absolute Gasteiger partial charge is 0.496 e. The highest BCUT2D eigenvalue weighted by Crippen LogP contribution is 2.21. The molecule has 1 aromatic heterocycles. The molecule has 1 heterocycles. The van der Waals surface area contributed by atoms with Gasteiger partial charge in [0.15, 0.2) is 0 Å². The van der Waals surface area contributed by atoms with E-state index in [2.05, 4.69) is 41.9 Å². The SMILES string of the molecule is COc1ccccc1C(=O)NCCCc1nc2ccccc2n1CCCOc1ccc(C(C)C)cc1. The Morgan fingerprint density at radius 3 is 2.50 bits per heavy atom. The third-order valence-corrected chi connectivity index (χ3v) is 6.29. The summed E-state index contributed by atoms with van der Waals surface area (Å²) in [6.45, 7) is 6.42. The minimum atomic E-state index is -0.125. The maximum absolute atomic E-state index is 12.6. The zero-order valence-electron chi connectivity index (χ0n) is 21.4. The first-order valence-electron chi connectivity index (χ1n) is 12.6. The Morgan fingerprint density at radius 2 is 1.72 bits per heavy atom. The van der Waals surface area contributed by atoms with Gasteiger partial charge >= 0.3 is 0 Å². The Kier molecular flexibility index (Phi) is 8.61. The number of rotatable bonds is 12. The van der Waals surface area contributed by atoms with Gasteiger partial charge in [-0.05, 0) is 60.7 Å². The Balaban J connectivity index is 1.32. The summed E-state index contributed by atoms with van der Waals surface area (Å²) >= 11 is 0. The van der Waals surface area contributed by atoms with E-state index in [1.165, 1.54) is 5.56 Å². The number of aryl methyl sites for hydroxylation is 2. The van der Waals surface area contributed by atoms with Gasteiger partial charge < -0.3 is 19.4 Å². The van der Waals surface area contributed by atoms with Crippen LogP contribution in [0.4, 0.5) is 0 Å². The van der Waals surface area contributed by atoms with Gasteiger partial charge in [0.05, 0.1) is 30.3 Å². The van der Waals surface area contributed by atoms with Crippen LogP contribution >= 0.6 is 0 Å². The topological polar surface area (TPSA) is 65.4 Å². The third kappa shape index (κ3) is 6.25. The number of para-hydroxylation sites is 3. The summed E-state index contributed by atoms with van der Waals surface area (Å²) in [4.78, 5) is 17.4. The van der Waals surface area contributed by atoms with Gasteiger partial charge in [0.25, 0.3) is 5.91 Å². The van der Waals surface area contributed by atoms with Crippen LogP contribution in [0.1, 0.15) is 54.4 Å². The molecule has 0 fully saturated rings. The number of fused-ring (bicyclic) bond motifs is 1. The lowest BCUT2D eigenvalue weighted by molar-refractivity contribution is 0.0950. The average molecular weight is 486 g/mol. The van der Waals surface area contributed by atoms with Crippen LogP contribution in [-0.4, -0.2) is 35.7 Å². The first-order valence-corrected chi connectivity index (χ1v) is 12.6. The summed E-state index contributed by atoms with van der Waals surface area (Å²) in [5.74, 6) is 2.90. The molecule has 0 aliphatic heterocycles. The van der Waals surface area contributed by atoms with Crippen molar-refractivity contribution in [1.82, 2.24) is 14.9 Å². The zero-order chi connectivity index (χ0) is 25.3. The standard InChI is InChI=1S/C30H35N3O3/c1-22(2)23-15-17-24(18-16-23)36-21-9-20-33-27-12-6-5-11-26(27)32-29(33)14-8-19-31-30(34)25-10-4-7-13-28(25)35-3/h4-7,10-13,15-18,22H,8-9,14,19-21H2,1-3H3,(H,31,34). The molecule has 0 radical (unpaired) electrons. The highest BCUT2D eigenvalue weighted by molar-refractivity contribution is 5.96. The molecule has 0 spiro atoms. The number of carbonyl (C=O) groups is 1. The molecular weight excluding hydrogens is 450 g/mol. The lowest BCUT2D eigenvalue weighted by Crippen LogP contribution is -2.25. The van der Waals surface area contributed by atoms with Crippen molar-refractivity contribution in [3.63, 3.8) is 0 Å². The number of methoxy groups -OCH3 is 1. The Labute approximate surface area is 213 Å². The fourth-order valence-corrected chi connectivity index (χ4v) is 4.30. The first kappa shape index (κ1) is 25.3. The van der Waals surface area contributed by atoms with Crippen LogP contribution in [0, 0.1) is 0 Å². The van der Waals surface area contributed by atoms with Crippen molar-refractivity contribution < 1.29 is 14.3 Å². The predicted octanol–water partition coefficient (Wildman–Crippen LogP) is 6.00. The Morgan fingerprint density at radius 1 is 0.972 bits per heavy atom. The van der Waals surface area contributed by atoms with Crippen LogP contribution in [0.15, 0.2) is 72.8 Å². The average Bonchev–Trinajstić information content (AvgIpc) is 3.26. The number of amides is 1. The first-order chi connectivity index (χ1) is 17.6. The lowest BCUT2D eigenvalue weighted by atomic mass is 10.0. The summed E-state index contributed by atoms with van der Waals surface area (Å²) in [6.07, 6.45) is 2.45. The van der Waals surface area contributed by atoms with Crippen molar-refractivity contribution in [3.05, 3.63) is 89.7 Å². The summed E-state index contributed by atoms with van der Waals surface area (Å²) in [6, 6.07) is 23.8. The number of ether oxygens (including phenoxy) is 2. The van der Waals surface area contributed by atoms with Gasteiger partial charge in [-0.2, -0.15) is 0 Å². The molecule has 0 unspecified atom stereocenters. The van der Waals surface area contributed by atoms with E-state index in [-0.39, 0.29) is 5.91 Å². The van der Waals surface area contributed by atoms with E-state index in [1.807, 2.05) is 42.5 Å². The van der Waals surface area contributed by atoms with E-state index in [1.54, 1.807) is 19.2 Å². The van der Waals surface area contributed by atoms with E-state index in [0.717, 1.165) is 48.4 Å². The number of benzene rings is 3. The Bertz CT molecular complexity index is 1280. The van der Waals surface area contributed by atoms with Crippen molar-refractivity contribution in [3.8, 4) is 11.5 Å². The molecule has 4 rings (SSSR count). The molecule has 3 aromatic carbocycles. The van der Waals surface area contributed by atoms with Crippen molar-refractivity contribution in [1.29, 1.82) is 0 Å².